The Morgan fingerprint density at radius 1 is 1.13 bits per heavy atom. The summed E-state index contributed by atoms with van der Waals surface area (Å²) in [7, 11) is 1.67. The van der Waals surface area contributed by atoms with Crippen LogP contribution in [-0.2, 0) is 11.3 Å². The van der Waals surface area contributed by atoms with E-state index >= 15 is 0 Å². The van der Waals surface area contributed by atoms with Gasteiger partial charge in [-0.15, -0.1) is 0 Å². The van der Waals surface area contributed by atoms with Crippen LogP contribution < -0.4 is 0 Å². The normalized spacial score (nSPS) is 10.1. The number of benzene rings is 2. The summed E-state index contributed by atoms with van der Waals surface area (Å²) in [6.07, 6.45) is 0. The third kappa shape index (κ3) is 1.70. The highest BCUT2D eigenvalue weighted by Gasteiger charge is 2.04. The molecule has 0 spiro atoms. The van der Waals surface area contributed by atoms with Gasteiger partial charge in [0.25, 0.3) is 0 Å². The molecule has 0 N–H and O–H groups in total. The van der Waals surface area contributed by atoms with Crippen molar-refractivity contribution in [1.29, 1.82) is 5.26 Å². The lowest BCUT2D eigenvalue weighted by molar-refractivity contribution is 0.186. The lowest BCUT2D eigenvalue weighted by Crippen LogP contribution is -1.90. The van der Waals surface area contributed by atoms with Crippen molar-refractivity contribution in [1.82, 2.24) is 0 Å². The predicted octanol–water partition coefficient (Wildman–Crippen LogP) is 2.86. The summed E-state index contributed by atoms with van der Waals surface area (Å²) in [5.41, 5.74) is 1.83. The SMILES string of the molecule is COCc1ccc(C#N)c2ccccc12. The van der Waals surface area contributed by atoms with Gasteiger partial charge in [-0.2, -0.15) is 5.26 Å². The number of ether oxygens (including phenoxy) is 1. The van der Waals surface area contributed by atoms with E-state index < -0.39 is 0 Å². The molecule has 0 aliphatic rings. The first-order chi connectivity index (χ1) is 7.36. The highest BCUT2D eigenvalue weighted by atomic mass is 16.5. The van der Waals surface area contributed by atoms with E-state index in [4.69, 9.17) is 10.00 Å². The molecule has 0 atom stereocenters. The van der Waals surface area contributed by atoms with Crippen LogP contribution in [0.3, 0.4) is 0 Å². The van der Waals surface area contributed by atoms with Gasteiger partial charge in [-0.3, -0.25) is 0 Å². The van der Waals surface area contributed by atoms with Crippen molar-refractivity contribution in [2.45, 2.75) is 6.61 Å². The van der Waals surface area contributed by atoms with Crippen molar-refractivity contribution >= 4 is 10.8 Å². The van der Waals surface area contributed by atoms with Crippen molar-refractivity contribution in [3.63, 3.8) is 0 Å². The van der Waals surface area contributed by atoms with Gasteiger partial charge in [-0.1, -0.05) is 30.3 Å². The van der Waals surface area contributed by atoms with Crippen LogP contribution in [0.25, 0.3) is 10.8 Å². The van der Waals surface area contributed by atoms with Crippen LogP contribution in [0.15, 0.2) is 36.4 Å². The first kappa shape index (κ1) is 9.70. The van der Waals surface area contributed by atoms with Crippen molar-refractivity contribution in [3.8, 4) is 6.07 Å². The fourth-order valence-electron chi connectivity index (χ4n) is 1.74. The molecule has 0 aliphatic heterocycles. The van der Waals surface area contributed by atoms with Crippen LogP contribution in [-0.4, -0.2) is 7.11 Å². The number of fused-ring (bicyclic) bond motifs is 1. The van der Waals surface area contributed by atoms with E-state index in [1.54, 1.807) is 7.11 Å². The molecule has 0 aromatic heterocycles. The fraction of sp³-hybridized carbons (Fsp3) is 0.154. The van der Waals surface area contributed by atoms with Crippen LogP contribution in [0.1, 0.15) is 11.1 Å². The van der Waals surface area contributed by atoms with Crippen molar-refractivity contribution in [2.24, 2.45) is 0 Å². The lowest BCUT2D eigenvalue weighted by atomic mass is 10.0. The first-order valence-electron chi connectivity index (χ1n) is 4.76. The van der Waals surface area contributed by atoms with Crippen LogP contribution >= 0.6 is 0 Å². The number of methoxy groups -OCH3 is 1. The molecule has 2 heteroatoms. The molecule has 0 bridgehead atoms. The summed E-state index contributed by atoms with van der Waals surface area (Å²) in [5.74, 6) is 0. The zero-order valence-corrected chi connectivity index (χ0v) is 8.53. The molecule has 2 nitrogen and oxygen atoms in total. The molecule has 0 radical (unpaired) electrons. The smallest absolute Gasteiger partial charge is 0.0998 e. The third-order valence-corrected chi connectivity index (χ3v) is 2.43. The van der Waals surface area contributed by atoms with E-state index in [1.807, 2.05) is 36.4 Å². The zero-order chi connectivity index (χ0) is 10.7. The summed E-state index contributed by atoms with van der Waals surface area (Å²) in [6, 6.07) is 13.9. The minimum Gasteiger partial charge on any atom is -0.380 e. The largest absolute Gasteiger partial charge is 0.380 e. The molecule has 0 unspecified atom stereocenters. The van der Waals surface area contributed by atoms with Gasteiger partial charge in [0.1, 0.15) is 0 Å². The van der Waals surface area contributed by atoms with E-state index in [2.05, 4.69) is 6.07 Å². The van der Waals surface area contributed by atoms with E-state index in [0.29, 0.717) is 12.2 Å². The monoisotopic (exact) mass is 197 g/mol. The molecule has 0 fully saturated rings. The Morgan fingerprint density at radius 3 is 2.53 bits per heavy atom. The Bertz CT molecular complexity index is 526. The second-order valence-corrected chi connectivity index (χ2v) is 3.36. The van der Waals surface area contributed by atoms with Gasteiger partial charge in [0.05, 0.1) is 18.2 Å². The number of nitrogens with zero attached hydrogens (tertiary/aromatic N) is 1. The van der Waals surface area contributed by atoms with Gasteiger partial charge in [-0.05, 0) is 22.4 Å². The Labute approximate surface area is 88.7 Å². The summed E-state index contributed by atoms with van der Waals surface area (Å²) in [6.45, 7) is 0.576. The van der Waals surface area contributed by atoms with E-state index in [-0.39, 0.29) is 0 Å². The van der Waals surface area contributed by atoms with Crippen molar-refractivity contribution in [2.75, 3.05) is 7.11 Å². The van der Waals surface area contributed by atoms with E-state index in [9.17, 15) is 0 Å². The standard InChI is InChI=1S/C13H11NO/c1-15-9-11-7-6-10(8-14)12-4-2-3-5-13(11)12/h2-7H,9H2,1H3. The topological polar surface area (TPSA) is 33.0 Å². The second-order valence-electron chi connectivity index (χ2n) is 3.36. The average Bonchev–Trinajstić information content (AvgIpc) is 2.30. The molecule has 74 valence electrons. The summed E-state index contributed by atoms with van der Waals surface area (Å²) in [5, 5.41) is 11.1. The Morgan fingerprint density at radius 2 is 1.87 bits per heavy atom. The van der Waals surface area contributed by atoms with Crippen LogP contribution in [0, 0.1) is 11.3 Å². The Hall–Kier alpha value is -1.85. The van der Waals surface area contributed by atoms with Gasteiger partial charge in [0.15, 0.2) is 0 Å². The van der Waals surface area contributed by atoms with Gasteiger partial charge in [0, 0.05) is 7.11 Å². The molecule has 0 saturated carbocycles. The highest BCUT2D eigenvalue weighted by molar-refractivity contribution is 5.90. The number of hydrogen-bond acceptors (Lipinski definition) is 2. The molecule has 0 amide bonds. The van der Waals surface area contributed by atoms with Crippen LogP contribution in [0.4, 0.5) is 0 Å². The quantitative estimate of drug-likeness (QED) is 0.741. The molecule has 0 saturated heterocycles. The second kappa shape index (κ2) is 4.12. The van der Waals surface area contributed by atoms with Crippen LogP contribution in [0.5, 0.6) is 0 Å². The third-order valence-electron chi connectivity index (χ3n) is 2.43. The minimum absolute atomic E-state index is 0.576. The fourth-order valence-corrected chi connectivity index (χ4v) is 1.74. The van der Waals surface area contributed by atoms with E-state index in [0.717, 1.165) is 16.3 Å². The van der Waals surface area contributed by atoms with Gasteiger partial charge < -0.3 is 4.74 Å². The summed E-state index contributed by atoms with van der Waals surface area (Å²) < 4.78 is 5.13. The van der Waals surface area contributed by atoms with Gasteiger partial charge >= 0.3 is 0 Å². The molecule has 0 aliphatic carbocycles. The maximum absolute atomic E-state index is 8.98. The van der Waals surface area contributed by atoms with Crippen molar-refractivity contribution in [3.05, 3.63) is 47.5 Å². The maximum atomic E-state index is 8.98. The van der Waals surface area contributed by atoms with E-state index in [1.165, 1.54) is 0 Å². The molecular formula is C13H11NO. The molecule has 0 heterocycles. The molecule has 15 heavy (non-hydrogen) atoms. The first-order valence-corrected chi connectivity index (χ1v) is 4.76. The summed E-state index contributed by atoms with van der Waals surface area (Å²) in [4.78, 5) is 0. The summed E-state index contributed by atoms with van der Waals surface area (Å²) >= 11 is 0. The maximum Gasteiger partial charge on any atom is 0.0998 e. The van der Waals surface area contributed by atoms with Gasteiger partial charge in [-0.25, -0.2) is 0 Å². The molecule has 2 aromatic rings. The van der Waals surface area contributed by atoms with Gasteiger partial charge in [0.2, 0.25) is 0 Å². The highest BCUT2D eigenvalue weighted by Crippen LogP contribution is 2.22. The lowest BCUT2D eigenvalue weighted by Gasteiger charge is -2.06. The number of nitriles is 1. The molecular weight excluding hydrogens is 186 g/mol. The number of hydrogen-bond donors (Lipinski definition) is 0. The zero-order valence-electron chi connectivity index (χ0n) is 8.53. The van der Waals surface area contributed by atoms with Crippen LogP contribution in [0.2, 0.25) is 0 Å². The Kier molecular flexibility index (Phi) is 2.66. The predicted molar refractivity (Wildman–Crippen MR) is 59.4 cm³/mol. The average molecular weight is 197 g/mol. The molecule has 2 aromatic carbocycles. The number of rotatable bonds is 2. The minimum atomic E-state index is 0.576. The Balaban J connectivity index is 2.73. The molecule has 2 rings (SSSR count). The van der Waals surface area contributed by atoms with Crippen molar-refractivity contribution < 1.29 is 4.74 Å².